The van der Waals surface area contributed by atoms with Crippen LogP contribution in [0, 0.1) is 4.91 Å². The molecule has 0 spiro atoms. The van der Waals surface area contributed by atoms with Crippen LogP contribution in [-0.4, -0.2) is 59.4 Å². The topological polar surface area (TPSA) is 220 Å². The van der Waals surface area contributed by atoms with Crippen LogP contribution in [0.3, 0.4) is 0 Å². The number of thioether (sulfide) groups is 1. The van der Waals surface area contributed by atoms with Crippen molar-refractivity contribution < 1.29 is 19.5 Å². The molecule has 0 aromatic carbocycles. The van der Waals surface area contributed by atoms with Crippen LogP contribution in [0.25, 0.3) is 0 Å². The van der Waals surface area contributed by atoms with Gasteiger partial charge in [0, 0.05) is 16.4 Å². The van der Waals surface area contributed by atoms with Crippen molar-refractivity contribution in [3.63, 3.8) is 0 Å². The summed E-state index contributed by atoms with van der Waals surface area (Å²) in [6, 6.07) is -3.14. The number of β-lactam (4-membered cyclic amide) rings is 1. The van der Waals surface area contributed by atoms with Gasteiger partial charge in [0.15, 0.2) is 15.3 Å². The second-order valence-electron chi connectivity index (χ2n) is 6.38. The van der Waals surface area contributed by atoms with Gasteiger partial charge in [0.05, 0.1) is 6.04 Å². The summed E-state index contributed by atoms with van der Waals surface area (Å²) in [5, 5.41) is 22.7. The molecule has 14 nitrogen and oxygen atoms in total. The Morgan fingerprint density at radius 2 is 2.10 bits per heavy atom. The molecule has 0 saturated carbocycles. The number of aliphatic carboxylic acids is 1. The largest absolute Gasteiger partial charge is 0.477 e. The van der Waals surface area contributed by atoms with E-state index in [0.717, 1.165) is 39.5 Å². The number of hydrogen-bond donors (Lipinski definition) is 4. The Bertz CT molecular complexity index is 1110. The quantitative estimate of drug-likeness (QED) is 0.300. The molecule has 2 aromatic heterocycles. The van der Waals surface area contributed by atoms with Crippen LogP contribution in [0.2, 0.25) is 0 Å². The van der Waals surface area contributed by atoms with E-state index in [2.05, 4.69) is 30.0 Å². The molecule has 3 atom stereocenters. The molecule has 2 aliphatic rings. The molecule has 1 saturated heterocycles. The molecule has 17 heteroatoms. The van der Waals surface area contributed by atoms with Crippen molar-refractivity contribution in [3.8, 4) is 0 Å². The van der Waals surface area contributed by atoms with Crippen molar-refractivity contribution in [1.29, 1.82) is 0 Å². The molecule has 6 N–H and O–H groups in total. The number of carboxylic acids is 1. The summed E-state index contributed by atoms with van der Waals surface area (Å²) in [6.45, 7) is 0. The molecular formula is C14H13N9O5S3. The summed E-state index contributed by atoms with van der Waals surface area (Å²) in [5.74, 6) is -2.92. The molecular weight excluding hydrogens is 470 g/mol. The predicted molar refractivity (Wildman–Crippen MR) is 109 cm³/mol. The molecule has 2 amide bonds. The molecule has 2 aromatic rings. The number of nitrogens with zero attached hydrogens (tertiary/aromatic N) is 6. The summed E-state index contributed by atoms with van der Waals surface area (Å²) in [7, 11) is 0. The van der Waals surface area contributed by atoms with E-state index in [4.69, 9.17) is 11.5 Å². The van der Waals surface area contributed by atoms with E-state index in [-0.39, 0.29) is 21.8 Å². The zero-order valence-electron chi connectivity index (χ0n) is 15.3. The molecule has 31 heavy (non-hydrogen) atoms. The van der Waals surface area contributed by atoms with Crippen molar-refractivity contribution in [2.24, 2.45) is 5.18 Å². The minimum Gasteiger partial charge on any atom is -0.477 e. The third kappa shape index (κ3) is 3.81. The molecule has 1 fully saturated rings. The monoisotopic (exact) mass is 483 g/mol. The molecule has 0 aliphatic carbocycles. The van der Waals surface area contributed by atoms with Crippen LogP contribution in [0.15, 0.2) is 20.1 Å². The number of hydrogen-bond acceptors (Lipinski definition) is 14. The standard InChI is InChI=1S/C14H13N9O5S3/c15-12-18-8(22-31-12)6(21-28)9(24)17-5-3-1-2-4(29-14-20-19-13(16)30-14)7(11(26)27)23(3)10(5)25/h3,5-6H,1-2H2,(H2,16,19)(H,17,24)(H,26,27)(H2,15,18,22)/t3-,5?,6?/m1/s1. The maximum atomic E-state index is 12.7. The van der Waals surface area contributed by atoms with E-state index in [0.29, 0.717) is 22.1 Å². The summed E-state index contributed by atoms with van der Waals surface area (Å²) < 4.78 is 4.25. The Kier molecular flexibility index (Phi) is 5.54. The third-order valence-electron chi connectivity index (χ3n) is 4.58. The summed E-state index contributed by atoms with van der Waals surface area (Å²) in [5.41, 5.74) is 10.8. The molecule has 2 aliphatic heterocycles. The maximum absolute atomic E-state index is 12.7. The average Bonchev–Trinajstić information content (AvgIpc) is 3.34. The fourth-order valence-electron chi connectivity index (χ4n) is 3.30. The smallest absolute Gasteiger partial charge is 0.353 e. The van der Waals surface area contributed by atoms with Gasteiger partial charge >= 0.3 is 5.97 Å². The molecule has 2 unspecified atom stereocenters. The Morgan fingerprint density at radius 1 is 1.32 bits per heavy atom. The van der Waals surface area contributed by atoms with Crippen molar-refractivity contribution in [1.82, 2.24) is 29.8 Å². The number of rotatable bonds is 7. The first-order chi connectivity index (χ1) is 14.8. The van der Waals surface area contributed by atoms with E-state index < -0.39 is 35.9 Å². The van der Waals surface area contributed by atoms with Crippen molar-refractivity contribution in [2.45, 2.75) is 35.3 Å². The van der Waals surface area contributed by atoms with Crippen LogP contribution < -0.4 is 16.8 Å². The maximum Gasteiger partial charge on any atom is 0.353 e. The molecule has 4 heterocycles. The lowest BCUT2D eigenvalue weighted by Gasteiger charge is -2.50. The number of carbonyl (C=O) groups is 3. The molecule has 0 radical (unpaired) electrons. The molecule has 0 bridgehead atoms. The van der Waals surface area contributed by atoms with E-state index >= 15 is 0 Å². The van der Waals surface area contributed by atoms with Gasteiger partial charge in [-0.2, -0.15) is 4.37 Å². The Morgan fingerprint density at radius 3 is 2.68 bits per heavy atom. The number of anilines is 2. The Balaban J connectivity index is 1.51. The van der Waals surface area contributed by atoms with Crippen molar-refractivity contribution >= 4 is 62.7 Å². The van der Waals surface area contributed by atoms with E-state index in [9.17, 15) is 24.4 Å². The third-order valence-corrected chi connectivity index (χ3v) is 7.08. The number of nitroso groups, excluding NO2 is 1. The van der Waals surface area contributed by atoms with Gasteiger partial charge in [0.2, 0.25) is 11.2 Å². The number of nitrogens with two attached hydrogens (primary N) is 2. The van der Waals surface area contributed by atoms with Gasteiger partial charge in [0.1, 0.15) is 11.7 Å². The lowest BCUT2D eigenvalue weighted by molar-refractivity contribution is -0.156. The van der Waals surface area contributed by atoms with Crippen molar-refractivity contribution in [3.05, 3.63) is 21.3 Å². The number of aromatic nitrogens is 4. The first kappa shape index (κ1) is 21.1. The summed E-state index contributed by atoms with van der Waals surface area (Å²) in [4.78, 5) is 53.5. The highest BCUT2D eigenvalue weighted by molar-refractivity contribution is 8.04. The number of carboxylic acid groups (broad SMARTS) is 1. The number of nitrogens with one attached hydrogen (secondary N) is 1. The predicted octanol–water partition coefficient (Wildman–Crippen LogP) is -0.0606. The number of allylic oxidation sites excluding steroid dienone is 1. The van der Waals surface area contributed by atoms with Gasteiger partial charge in [0.25, 0.3) is 11.8 Å². The zero-order valence-corrected chi connectivity index (χ0v) is 17.7. The lowest BCUT2D eigenvalue weighted by Crippen LogP contribution is -2.71. The fraction of sp³-hybridized carbons (Fsp3) is 0.357. The van der Waals surface area contributed by atoms with Gasteiger partial charge in [-0.1, -0.05) is 23.1 Å². The summed E-state index contributed by atoms with van der Waals surface area (Å²) in [6.07, 6.45) is 0.733. The zero-order chi connectivity index (χ0) is 22.3. The second kappa shape index (κ2) is 8.16. The average molecular weight is 484 g/mol. The second-order valence-corrected chi connectivity index (χ2v) is 9.52. The van der Waals surface area contributed by atoms with Gasteiger partial charge in [-0.25, -0.2) is 9.78 Å². The number of carbonyl (C=O) groups excluding carboxylic acids is 2. The number of amides is 2. The Labute approximate surface area is 185 Å². The SMILES string of the molecule is Nc1nc(C(N=O)C(=O)NC2C(=O)N3C(C(=O)O)=C(Sc4nnc(N)s4)CC[C@H]23)ns1. The van der Waals surface area contributed by atoms with Gasteiger partial charge in [-0.05, 0) is 18.0 Å². The van der Waals surface area contributed by atoms with Crippen LogP contribution in [-0.2, 0) is 14.4 Å². The van der Waals surface area contributed by atoms with Crippen molar-refractivity contribution in [2.75, 3.05) is 11.5 Å². The summed E-state index contributed by atoms with van der Waals surface area (Å²) >= 11 is 2.99. The van der Waals surface area contributed by atoms with Crippen LogP contribution in [0.4, 0.5) is 10.3 Å². The highest BCUT2D eigenvalue weighted by Crippen LogP contribution is 2.44. The van der Waals surface area contributed by atoms with Crippen LogP contribution in [0.5, 0.6) is 0 Å². The normalized spacial score (nSPS) is 21.3. The molecule has 4 rings (SSSR count). The lowest BCUT2D eigenvalue weighted by atomic mass is 9.86. The van der Waals surface area contributed by atoms with E-state index in [1.807, 2.05) is 0 Å². The first-order valence-electron chi connectivity index (χ1n) is 8.58. The minimum atomic E-state index is -1.57. The van der Waals surface area contributed by atoms with Crippen LogP contribution >= 0.6 is 34.6 Å². The number of nitrogen functional groups attached to an aromatic ring is 2. The van der Waals surface area contributed by atoms with E-state index in [1.54, 1.807) is 0 Å². The van der Waals surface area contributed by atoms with Gasteiger partial charge in [-0.3, -0.25) is 14.5 Å². The highest BCUT2D eigenvalue weighted by atomic mass is 32.2. The van der Waals surface area contributed by atoms with Crippen LogP contribution in [0.1, 0.15) is 24.7 Å². The van der Waals surface area contributed by atoms with Gasteiger partial charge in [-0.15, -0.1) is 15.1 Å². The fourth-order valence-corrected chi connectivity index (χ4v) is 5.62. The highest BCUT2D eigenvalue weighted by Gasteiger charge is 2.54. The van der Waals surface area contributed by atoms with Gasteiger partial charge < -0.3 is 21.9 Å². The van der Waals surface area contributed by atoms with E-state index in [1.165, 1.54) is 0 Å². The first-order valence-corrected chi connectivity index (χ1v) is 11.0. The Hall–Kier alpha value is -3.18. The number of fused-ring (bicyclic) bond motifs is 1. The minimum absolute atomic E-state index is 0.0630. The molecule has 162 valence electrons.